The fourth-order valence-electron chi connectivity index (χ4n) is 3.53. The summed E-state index contributed by atoms with van der Waals surface area (Å²) in [6, 6.07) is 6.93. The number of aliphatic hydroxyl groups is 3. The molecule has 1 saturated carbocycles. The maximum atomic E-state index is 11.1. The first-order valence-electron chi connectivity index (χ1n) is 10.2. The SMILES string of the molecule is COC(=O)CCCC/C=C\[C@@H]1[C@@H](/C=C/[C@@H](O)COc2cccc(Cl)c2)[C@H](O)C[C@@H]1O. The number of ether oxygens (including phenoxy) is 2. The van der Waals surface area contributed by atoms with Crippen molar-refractivity contribution in [3.05, 3.63) is 53.6 Å². The summed E-state index contributed by atoms with van der Waals surface area (Å²) in [6.45, 7) is 0.0584. The summed E-state index contributed by atoms with van der Waals surface area (Å²) in [5.74, 6) is -0.152. The van der Waals surface area contributed by atoms with Crippen molar-refractivity contribution in [1.82, 2.24) is 0 Å². The van der Waals surface area contributed by atoms with E-state index in [4.69, 9.17) is 16.3 Å². The lowest BCUT2D eigenvalue weighted by molar-refractivity contribution is -0.140. The monoisotopic (exact) mass is 438 g/mol. The van der Waals surface area contributed by atoms with Gasteiger partial charge in [-0.1, -0.05) is 42.0 Å². The second-order valence-electron chi connectivity index (χ2n) is 7.50. The second-order valence-corrected chi connectivity index (χ2v) is 7.93. The van der Waals surface area contributed by atoms with E-state index in [0.717, 1.165) is 19.3 Å². The first-order chi connectivity index (χ1) is 14.4. The van der Waals surface area contributed by atoms with Crippen molar-refractivity contribution in [2.75, 3.05) is 13.7 Å². The number of unbranched alkanes of at least 4 members (excludes halogenated alkanes) is 2. The Morgan fingerprint density at radius 2 is 1.97 bits per heavy atom. The highest BCUT2D eigenvalue weighted by Gasteiger charge is 2.38. The molecule has 0 saturated heterocycles. The van der Waals surface area contributed by atoms with Crippen molar-refractivity contribution in [2.24, 2.45) is 11.8 Å². The van der Waals surface area contributed by atoms with Gasteiger partial charge in [0.15, 0.2) is 0 Å². The Hall–Kier alpha value is -1.86. The molecule has 5 atom stereocenters. The van der Waals surface area contributed by atoms with E-state index in [0.29, 0.717) is 23.6 Å². The van der Waals surface area contributed by atoms with Crippen LogP contribution in [-0.2, 0) is 9.53 Å². The summed E-state index contributed by atoms with van der Waals surface area (Å²) in [7, 11) is 1.38. The molecule has 0 unspecified atom stereocenters. The van der Waals surface area contributed by atoms with Crippen molar-refractivity contribution in [2.45, 2.75) is 50.4 Å². The third kappa shape index (κ3) is 8.11. The maximum absolute atomic E-state index is 11.1. The highest BCUT2D eigenvalue weighted by Crippen LogP contribution is 2.35. The third-order valence-corrected chi connectivity index (χ3v) is 5.41. The zero-order valence-corrected chi connectivity index (χ0v) is 17.9. The number of benzene rings is 1. The van der Waals surface area contributed by atoms with E-state index in [9.17, 15) is 20.1 Å². The van der Waals surface area contributed by atoms with E-state index in [1.54, 1.807) is 36.4 Å². The molecule has 166 valence electrons. The number of rotatable bonds is 11. The smallest absolute Gasteiger partial charge is 0.305 e. The fourth-order valence-corrected chi connectivity index (χ4v) is 3.71. The normalized spacial score (nSPS) is 25.1. The first-order valence-corrected chi connectivity index (χ1v) is 10.6. The van der Waals surface area contributed by atoms with Gasteiger partial charge in [-0.3, -0.25) is 4.79 Å². The zero-order valence-electron chi connectivity index (χ0n) is 17.2. The Kier molecular flexibility index (Phi) is 10.4. The van der Waals surface area contributed by atoms with E-state index in [2.05, 4.69) is 4.74 Å². The van der Waals surface area contributed by atoms with Gasteiger partial charge in [0.05, 0.1) is 19.3 Å². The van der Waals surface area contributed by atoms with Gasteiger partial charge in [-0.25, -0.2) is 0 Å². The standard InChI is InChI=1S/C23H31ClO6/c1-29-23(28)10-5-3-2-4-9-19-20(22(27)14-21(19)26)12-11-17(25)15-30-18-8-6-7-16(24)13-18/h4,6-9,11-13,17,19-22,25-27H,2-3,5,10,14-15H2,1H3/b9-4-,12-11+/t17-,19-,20-,21+,22-/m1/s1. The summed E-state index contributed by atoms with van der Waals surface area (Å²) < 4.78 is 10.1. The maximum Gasteiger partial charge on any atom is 0.305 e. The lowest BCUT2D eigenvalue weighted by Gasteiger charge is -2.18. The van der Waals surface area contributed by atoms with Crippen LogP contribution in [0.4, 0.5) is 0 Å². The molecule has 30 heavy (non-hydrogen) atoms. The van der Waals surface area contributed by atoms with Gasteiger partial charge >= 0.3 is 5.97 Å². The summed E-state index contributed by atoms with van der Waals surface area (Å²) in [5.41, 5.74) is 0. The first kappa shape index (κ1) is 24.4. The summed E-state index contributed by atoms with van der Waals surface area (Å²) in [5, 5.41) is 31.3. The third-order valence-electron chi connectivity index (χ3n) is 5.18. The largest absolute Gasteiger partial charge is 0.491 e. The molecular formula is C23H31ClO6. The molecule has 3 N–H and O–H groups in total. The Bertz CT molecular complexity index is 719. The van der Waals surface area contributed by atoms with Crippen molar-refractivity contribution in [3.8, 4) is 5.75 Å². The summed E-state index contributed by atoms with van der Waals surface area (Å²) in [4.78, 5) is 11.1. The minimum absolute atomic E-state index is 0.0584. The Morgan fingerprint density at radius 1 is 1.23 bits per heavy atom. The van der Waals surface area contributed by atoms with Gasteiger partial charge in [0.2, 0.25) is 0 Å². The molecule has 0 heterocycles. The molecule has 1 aromatic rings. The summed E-state index contributed by atoms with van der Waals surface area (Å²) in [6.07, 6.45) is 8.13. The topological polar surface area (TPSA) is 96.2 Å². The molecule has 0 amide bonds. The van der Waals surface area contributed by atoms with Gasteiger partial charge < -0.3 is 24.8 Å². The molecule has 0 bridgehead atoms. The molecule has 6 nitrogen and oxygen atoms in total. The van der Waals surface area contributed by atoms with Gasteiger partial charge in [0, 0.05) is 29.7 Å². The Morgan fingerprint density at radius 3 is 2.67 bits per heavy atom. The van der Waals surface area contributed by atoms with Gasteiger partial charge in [0.25, 0.3) is 0 Å². The number of allylic oxidation sites excluding steroid dienone is 1. The van der Waals surface area contributed by atoms with Crippen molar-refractivity contribution >= 4 is 17.6 Å². The minimum atomic E-state index is -0.850. The van der Waals surface area contributed by atoms with Gasteiger partial charge in [-0.2, -0.15) is 0 Å². The van der Waals surface area contributed by atoms with Crippen LogP contribution in [-0.4, -0.2) is 53.3 Å². The number of hydrogen-bond acceptors (Lipinski definition) is 6. The molecule has 2 rings (SSSR count). The molecule has 1 aliphatic rings. The number of carbonyl (C=O) groups excluding carboxylic acids is 1. The molecule has 0 aromatic heterocycles. The molecular weight excluding hydrogens is 408 g/mol. The van der Waals surface area contributed by atoms with Crippen LogP contribution in [0.2, 0.25) is 5.02 Å². The number of methoxy groups -OCH3 is 1. The highest BCUT2D eigenvalue weighted by atomic mass is 35.5. The van der Waals surface area contributed by atoms with E-state index in [1.165, 1.54) is 7.11 Å². The number of halogens is 1. The van der Waals surface area contributed by atoms with E-state index < -0.39 is 18.3 Å². The summed E-state index contributed by atoms with van der Waals surface area (Å²) >= 11 is 5.91. The van der Waals surface area contributed by atoms with Crippen LogP contribution in [0.25, 0.3) is 0 Å². The van der Waals surface area contributed by atoms with Crippen LogP contribution in [0, 0.1) is 11.8 Å². The lowest BCUT2D eigenvalue weighted by atomic mass is 9.92. The average Bonchev–Trinajstić information content (AvgIpc) is 2.99. The molecule has 0 spiro atoms. The van der Waals surface area contributed by atoms with Crippen LogP contribution >= 0.6 is 11.6 Å². The van der Waals surface area contributed by atoms with Crippen molar-refractivity contribution in [3.63, 3.8) is 0 Å². The van der Waals surface area contributed by atoms with Gasteiger partial charge in [-0.05, 0) is 37.5 Å². The predicted molar refractivity (Wildman–Crippen MR) is 115 cm³/mol. The van der Waals surface area contributed by atoms with Crippen molar-refractivity contribution in [1.29, 1.82) is 0 Å². The number of esters is 1. The fraction of sp³-hybridized carbons (Fsp3) is 0.522. The van der Waals surface area contributed by atoms with Crippen LogP contribution in [0.5, 0.6) is 5.75 Å². The van der Waals surface area contributed by atoms with Crippen molar-refractivity contribution < 1.29 is 29.6 Å². The molecule has 7 heteroatoms. The molecule has 1 aliphatic carbocycles. The Labute approximate surface area is 182 Å². The van der Waals surface area contributed by atoms with Gasteiger partial charge in [0.1, 0.15) is 18.5 Å². The van der Waals surface area contributed by atoms with Crippen LogP contribution < -0.4 is 4.74 Å². The zero-order chi connectivity index (χ0) is 21.9. The predicted octanol–water partition coefficient (Wildman–Crippen LogP) is 3.28. The van der Waals surface area contributed by atoms with E-state index in [1.807, 2.05) is 12.2 Å². The second kappa shape index (κ2) is 12.7. The lowest BCUT2D eigenvalue weighted by Crippen LogP contribution is -2.20. The van der Waals surface area contributed by atoms with Crippen LogP contribution in [0.15, 0.2) is 48.6 Å². The average molecular weight is 439 g/mol. The highest BCUT2D eigenvalue weighted by molar-refractivity contribution is 6.30. The van der Waals surface area contributed by atoms with Crippen LogP contribution in [0.1, 0.15) is 32.1 Å². The van der Waals surface area contributed by atoms with Crippen LogP contribution in [0.3, 0.4) is 0 Å². The molecule has 0 radical (unpaired) electrons. The quantitative estimate of drug-likeness (QED) is 0.279. The minimum Gasteiger partial charge on any atom is -0.491 e. The Balaban J connectivity index is 1.82. The molecule has 1 fully saturated rings. The van der Waals surface area contributed by atoms with Gasteiger partial charge in [-0.15, -0.1) is 0 Å². The molecule has 1 aromatic carbocycles. The number of hydrogen-bond donors (Lipinski definition) is 3. The van der Waals surface area contributed by atoms with E-state index >= 15 is 0 Å². The van der Waals surface area contributed by atoms with E-state index in [-0.39, 0.29) is 24.4 Å². The number of aliphatic hydroxyl groups excluding tert-OH is 3. The molecule has 0 aliphatic heterocycles. The number of carbonyl (C=O) groups is 1.